The summed E-state index contributed by atoms with van der Waals surface area (Å²) in [6, 6.07) is 0. The average Bonchev–Trinajstić information content (AvgIpc) is 3.51. The molecule has 0 aromatic rings. The number of carbonyl (C=O) groups excluding carboxylic acids is 1. The van der Waals surface area contributed by atoms with E-state index in [0.29, 0.717) is 19.4 Å². The van der Waals surface area contributed by atoms with E-state index in [1.54, 1.807) is 0 Å². The summed E-state index contributed by atoms with van der Waals surface area (Å²) in [6.45, 7) is 2.97. The van der Waals surface area contributed by atoms with Crippen LogP contribution in [0.1, 0.15) is 122 Å². The van der Waals surface area contributed by atoms with Crippen molar-refractivity contribution in [1.82, 2.24) is 5.32 Å². The van der Waals surface area contributed by atoms with E-state index in [2.05, 4.69) is 17.4 Å². The summed E-state index contributed by atoms with van der Waals surface area (Å²) in [6.07, 6.45) is 22.9. The summed E-state index contributed by atoms with van der Waals surface area (Å²) in [5.74, 6) is -0.0271. The molecule has 0 heterocycles. The zero-order chi connectivity index (χ0) is 20.5. The van der Waals surface area contributed by atoms with E-state index in [1.807, 2.05) is 0 Å². The molecule has 0 atom stereocenters. The van der Waals surface area contributed by atoms with Crippen molar-refractivity contribution in [2.24, 2.45) is 16.3 Å². The van der Waals surface area contributed by atoms with Gasteiger partial charge in [-0.25, -0.2) is 0 Å². The highest BCUT2D eigenvalue weighted by atomic mass is 16.4. The molecule has 0 bridgehead atoms. The van der Waals surface area contributed by atoms with Gasteiger partial charge in [0.05, 0.1) is 0 Å². The lowest BCUT2D eigenvalue weighted by molar-refractivity contribution is -0.124. The van der Waals surface area contributed by atoms with Gasteiger partial charge in [0.2, 0.25) is 5.91 Å². The molecule has 1 amide bonds. The van der Waals surface area contributed by atoms with Crippen molar-refractivity contribution >= 4 is 11.7 Å². The minimum Gasteiger partial charge on any atom is -0.409 e. The Balaban J connectivity index is 1.78. The van der Waals surface area contributed by atoms with Crippen LogP contribution in [0.25, 0.3) is 0 Å². The van der Waals surface area contributed by atoms with Gasteiger partial charge in [0, 0.05) is 6.54 Å². The maximum atomic E-state index is 12.1. The SMILES string of the molecule is CCCCCCCCCCCCCCCCCCNC(=O)C1(/C(N)=N/O)CC1. The molecule has 0 saturated heterocycles. The molecule has 5 heteroatoms. The lowest BCUT2D eigenvalue weighted by Crippen LogP contribution is -2.41. The maximum absolute atomic E-state index is 12.1. The Morgan fingerprint density at radius 2 is 1.21 bits per heavy atom. The quantitative estimate of drug-likeness (QED) is 0.0837. The lowest BCUT2D eigenvalue weighted by Gasteiger charge is -2.13. The summed E-state index contributed by atoms with van der Waals surface area (Å²) in [5.41, 5.74) is 4.90. The van der Waals surface area contributed by atoms with Gasteiger partial charge >= 0.3 is 0 Å². The molecule has 1 aliphatic carbocycles. The van der Waals surface area contributed by atoms with E-state index in [4.69, 9.17) is 10.9 Å². The number of unbranched alkanes of at least 4 members (excludes halogenated alkanes) is 15. The van der Waals surface area contributed by atoms with Crippen LogP contribution in [-0.4, -0.2) is 23.5 Å². The standard InChI is InChI=1S/C23H45N3O2/c1-2-3-4-5-6-7-8-9-10-11-12-13-14-15-16-17-20-25-22(27)23(18-19-23)21(24)26-28/h28H,2-20H2,1H3,(H2,24,26)(H,25,27). The monoisotopic (exact) mass is 395 g/mol. The third-order valence-corrected chi connectivity index (χ3v) is 6.10. The van der Waals surface area contributed by atoms with Crippen molar-refractivity contribution in [3.63, 3.8) is 0 Å². The minimum absolute atomic E-state index is 0.0528. The Hall–Kier alpha value is -1.26. The number of rotatable bonds is 19. The van der Waals surface area contributed by atoms with E-state index in [-0.39, 0.29) is 11.7 Å². The molecular formula is C23H45N3O2. The number of nitrogens with one attached hydrogen (secondary N) is 1. The Morgan fingerprint density at radius 1 is 0.821 bits per heavy atom. The van der Waals surface area contributed by atoms with Gasteiger partial charge in [-0.15, -0.1) is 0 Å². The van der Waals surface area contributed by atoms with Gasteiger partial charge in [-0.3, -0.25) is 4.79 Å². The van der Waals surface area contributed by atoms with E-state index in [0.717, 1.165) is 12.8 Å². The maximum Gasteiger partial charge on any atom is 0.233 e. The average molecular weight is 396 g/mol. The first-order valence-electron chi connectivity index (χ1n) is 11.9. The molecule has 164 valence electrons. The van der Waals surface area contributed by atoms with Gasteiger partial charge in [0.15, 0.2) is 5.84 Å². The first-order chi connectivity index (χ1) is 13.7. The molecule has 0 aromatic heterocycles. The Kier molecular flexibility index (Phi) is 13.8. The van der Waals surface area contributed by atoms with Gasteiger partial charge < -0.3 is 16.3 Å². The zero-order valence-electron chi connectivity index (χ0n) is 18.3. The van der Waals surface area contributed by atoms with E-state index >= 15 is 0 Å². The Morgan fingerprint density at radius 3 is 1.57 bits per heavy atom. The molecule has 1 saturated carbocycles. The normalized spacial score (nSPS) is 15.5. The molecule has 0 unspecified atom stereocenters. The van der Waals surface area contributed by atoms with Gasteiger partial charge in [0.1, 0.15) is 5.41 Å². The van der Waals surface area contributed by atoms with Crippen LogP contribution in [-0.2, 0) is 4.79 Å². The summed E-state index contributed by atoms with van der Waals surface area (Å²) in [5, 5.41) is 14.7. The number of amidine groups is 1. The summed E-state index contributed by atoms with van der Waals surface area (Å²) >= 11 is 0. The summed E-state index contributed by atoms with van der Waals surface area (Å²) < 4.78 is 0. The van der Waals surface area contributed by atoms with Crippen molar-refractivity contribution in [2.45, 2.75) is 122 Å². The number of nitrogens with zero attached hydrogens (tertiary/aromatic N) is 1. The van der Waals surface area contributed by atoms with Crippen LogP contribution in [0.2, 0.25) is 0 Å². The first-order valence-corrected chi connectivity index (χ1v) is 11.9. The highest BCUT2D eigenvalue weighted by Gasteiger charge is 2.53. The number of nitrogens with two attached hydrogens (primary N) is 1. The van der Waals surface area contributed by atoms with Gasteiger partial charge in [-0.05, 0) is 19.3 Å². The van der Waals surface area contributed by atoms with E-state index < -0.39 is 5.41 Å². The molecule has 1 rings (SSSR count). The molecule has 0 radical (unpaired) electrons. The summed E-state index contributed by atoms with van der Waals surface area (Å²) in [4.78, 5) is 12.1. The summed E-state index contributed by atoms with van der Waals surface area (Å²) in [7, 11) is 0. The van der Waals surface area contributed by atoms with Crippen LogP contribution in [0.5, 0.6) is 0 Å². The molecule has 5 nitrogen and oxygen atoms in total. The molecule has 28 heavy (non-hydrogen) atoms. The van der Waals surface area contributed by atoms with E-state index in [1.165, 1.54) is 89.9 Å². The predicted molar refractivity (Wildman–Crippen MR) is 118 cm³/mol. The molecule has 0 spiro atoms. The number of hydrogen-bond donors (Lipinski definition) is 3. The van der Waals surface area contributed by atoms with Crippen molar-refractivity contribution in [3.05, 3.63) is 0 Å². The molecular weight excluding hydrogens is 350 g/mol. The second-order valence-electron chi connectivity index (χ2n) is 8.63. The highest BCUT2D eigenvalue weighted by molar-refractivity contribution is 6.09. The predicted octanol–water partition coefficient (Wildman–Crippen LogP) is 5.89. The van der Waals surface area contributed by atoms with Crippen LogP contribution >= 0.6 is 0 Å². The number of carbonyl (C=O) groups is 1. The highest BCUT2D eigenvalue weighted by Crippen LogP contribution is 2.45. The molecule has 4 N–H and O–H groups in total. The van der Waals surface area contributed by atoms with Crippen LogP contribution in [0.4, 0.5) is 0 Å². The van der Waals surface area contributed by atoms with Crippen LogP contribution in [0, 0.1) is 5.41 Å². The Labute approximate surface area is 172 Å². The van der Waals surface area contributed by atoms with E-state index in [9.17, 15) is 4.79 Å². The van der Waals surface area contributed by atoms with Gasteiger partial charge in [-0.2, -0.15) is 0 Å². The fourth-order valence-corrected chi connectivity index (χ4v) is 3.86. The number of oxime groups is 1. The first kappa shape index (κ1) is 24.8. The number of amides is 1. The van der Waals surface area contributed by atoms with Crippen molar-refractivity contribution < 1.29 is 10.0 Å². The third kappa shape index (κ3) is 10.3. The zero-order valence-corrected chi connectivity index (χ0v) is 18.3. The van der Waals surface area contributed by atoms with Crippen molar-refractivity contribution in [1.29, 1.82) is 0 Å². The topological polar surface area (TPSA) is 87.7 Å². The van der Waals surface area contributed by atoms with Gasteiger partial charge in [-0.1, -0.05) is 108 Å². The fourth-order valence-electron chi connectivity index (χ4n) is 3.86. The van der Waals surface area contributed by atoms with Crippen LogP contribution in [0.15, 0.2) is 5.16 Å². The van der Waals surface area contributed by atoms with Crippen molar-refractivity contribution in [2.75, 3.05) is 6.54 Å². The molecule has 0 aliphatic heterocycles. The number of hydrogen-bond acceptors (Lipinski definition) is 3. The molecule has 0 aromatic carbocycles. The smallest absolute Gasteiger partial charge is 0.233 e. The molecule has 1 fully saturated rings. The van der Waals surface area contributed by atoms with Crippen molar-refractivity contribution in [3.8, 4) is 0 Å². The lowest BCUT2D eigenvalue weighted by atomic mass is 10.0. The molecule has 1 aliphatic rings. The largest absolute Gasteiger partial charge is 0.409 e. The Bertz CT molecular complexity index is 434. The third-order valence-electron chi connectivity index (χ3n) is 6.10. The minimum atomic E-state index is -0.718. The van der Waals surface area contributed by atoms with Gasteiger partial charge in [0.25, 0.3) is 0 Å². The second-order valence-corrected chi connectivity index (χ2v) is 8.63. The second kappa shape index (κ2) is 15.6. The van der Waals surface area contributed by atoms with Crippen LogP contribution < -0.4 is 11.1 Å². The van der Waals surface area contributed by atoms with Crippen LogP contribution in [0.3, 0.4) is 0 Å². The fraction of sp³-hybridized carbons (Fsp3) is 0.913.